The van der Waals surface area contributed by atoms with Crippen molar-refractivity contribution in [1.29, 1.82) is 0 Å². The van der Waals surface area contributed by atoms with Crippen LogP contribution in [-0.4, -0.2) is 55.9 Å². The Labute approximate surface area is 197 Å². The number of nitrogens with one attached hydrogen (secondary N) is 1. The van der Waals surface area contributed by atoms with E-state index < -0.39 is 12.2 Å². The molecule has 0 heterocycles. The predicted octanol–water partition coefficient (Wildman–Crippen LogP) is 5.50. The summed E-state index contributed by atoms with van der Waals surface area (Å²) in [5.74, 6) is -0.276. The highest BCUT2D eigenvalue weighted by Crippen LogP contribution is 2.23. The highest BCUT2D eigenvalue weighted by molar-refractivity contribution is 5.69. The lowest BCUT2D eigenvalue weighted by molar-refractivity contribution is -0.164. The van der Waals surface area contributed by atoms with Crippen molar-refractivity contribution < 1.29 is 24.1 Å². The maximum atomic E-state index is 12.3. The van der Waals surface area contributed by atoms with E-state index in [0.717, 1.165) is 12.8 Å². The number of carbonyl (C=O) groups excluding carboxylic acids is 1. The first-order valence-electron chi connectivity index (χ1n) is 13.4. The highest BCUT2D eigenvalue weighted by Gasteiger charge is 2.34. The minimum atomic E-state index is -0.583. The Bertz CT molecular complexity index is 430. The van der Waals surface area contributed by atoms with Crippen molar-refractivity contribution in [2.24, 2.45) is 0 Å². The van der Waals surface area contributed by atoms with Gasteiger partial charge in [-0.15, -0.1) is 0 Å². The maximum Gasteiger partial charge on any atom is 0.306 e. The minimum Gasteiger partial charge on any atom is -0.460 e. The van der Waals surface area contributed by atoms with Crippen molar-refractivity contribution >= 4 is 5.97 Å². The standard InChI is InChI=1S/C26H51NO5/c1-4-6-8-10-12-14-18-30-26(31-19-15-13-11-9-7-5-2)17-16-25(29)32-24-21-22(27-3)20-23(24)28/h22-24,26-28H,4-21H2,1-3H3. The molecule has 6 heteroatoms. The molecule has 0 aromatic heterocycles. The summed E-state index contributed by atoms with van der Waals surface area (Å²) in [6.07, 6.45) is 15.3. The molecule has 32 heavy (non-hydrogen) atoms. The normalized spacial score (nSPS) is 20.8. The van der Waals surface area contributed by atoms with Crippen molar-refractivity contribution in [1.82, 2.24) is 5.32 Å². The zero-order valence-electron chi connectivity index (χ0n) is 21.1. The molecule has 0 spiro atoms. The van der Waals surface area contributed by atoms with Crippen LogP contribution in [0.5, 0.6) is 0 Å². The molecule has 0 aliphatic heterocycles. The second kappa shape index (κ2) is 19.7. The number of rotatable bonds is 21. The topological polar surface area (TPSA) is 77.0 Å². The molecule has 1 saturated carbocycles. The summed E-state index contributed by atoms with van der Waals surface area (Å²) in [4.78, 5) is 12.3. The molecule has 0 bridgehead atoms. The van der Waals surface area contributed by atoms with Gasteiger partial charge in [-0.1, -0.05) is 78.1 Å². The number of ether oxygens (including phenoxy) is 3. The fourth-order valence-electron chi connectivity index (χ4n) is 4.21. The molecule has 1 fully saturated rings. The Kier molecular flexibility index (Phi) is 18.1. The van der Waals surface area contributed by atoms with Crippen LogP contribution in [0.15, 0.2) is 0 Å². The molecule has 0 amide bonds. The van der Waals surface area contributed by atoms with E-state index in [4.69, 9.17) is 14.2 Å². The molecule has 2 N–H and O–H groups in total. The van der Waals surface area contributed by atoms with Gasteiger partial charge in [0.15, 0.2) is 6.29 Å². The fourth-order valence-corrected chi connectivity index (χ4v) is 4.21. The van der Waals surface area contributed by atoms with E-state index in [1.54, 1.807) is 0 Å². The van der Waals surface area contributed by atoms with E-state index >= 15 is 0 Å². The molecule has 0 aromatic carbocycles. The third-order valence-electron chi connectivity index (χ3n) is 6.35. The quantitative estimate of drug-likeness (QED) is 0.135. The van der Waals surface area contributed by atoms with Gasteiger partial charge < -0.3 is 24.6 Å². The van der Waals surface area contributed by atoms with Crippen molar-refractivity contribution in [2.45, 2.75) is 141 Å². The van der Waals surface area contributed by atoms with Gasteiger partial charge in [0.05, 0.1) is 12.5 Å². The first-order valence-corrected chi connectivity index (χ1v) is 13.4. The van der Waals surface area contributed by atoms with Crippen LogP contribution in [0.2, 0.25) is 0 Å². The fraction of sp³-hybridized carbons (Fsp3) is 0.962. The van der Waals surface area contributed by atoms with Crippen LogP contribution in [0.3, 0.4) is 0 Å². The van der Waals surface area contributed by atoms with Gasteiger partial charge in [0.2, 0.25) is 0 Å². The van der Waals surface area contributed by atoms with E-state index in [0.29, 0.717) is 32.5 Å². The number of carbonyl (C=O) groups is 1. The molecule has 190 valence electrons. The Balaban J connectivity index is 2.29. The molecule has 3 atom stereocenters. The van der Waals surface area contributed by atoms with E-state index in [2.05, 4.69) is 19.2 Å². The predicted molar refractivity (Wildman–Crippen MR) is 130 cm³/mol. The number of aliphatic hydroxyl groups is 1. The highest BCUT2D eigenvalue weighted by atomic mass is 16.7. The van der Waals surface area contributed by atoms with Crippen molar-refractivity contribution in [3.8, 4) is 0 Å². The molecule has 0 aromatic rings. The molecule has 6 nitrogen and oxygen atoms in total. The van der Waals surface area contributed by atoms with Crippen LogP contribution in [0.4, 0.5) is 0 Å². The Morgan fingerprint density at radius 3 is 1.91 bits per heavy atom. The maximum absolute atomic E-state index is 12.3. The zero-order valence-corrected chi connectivity index (χ0v) is 21.1. The van der Waals surface area contributed by atoms with E-state index in [-0.39, 0.29) is 24.7 Å². The smallest absolute Gasteiger partial charge is 0.306 e. The summed E-state index contributed by atoms with van der Waals surface area (Å²) in [7, 11) is 1.87. The van der Waals surface area contributed by atoms with Crippen LogP contribution in [-0.2, 0) is 19.0 Å². The van der Waals surface area contributed by atoms with Gasteiger partial charge in [0.1, 0.15) is 6.10 Å². The van der Waals surface area contributed by atoms with E-state index in [9.17, 15) is 9.90 Å². The number of hydrogen-bond donors (Lipinski definition) is 2. The first kappa shape index (κ1) is 29.3. The van der Waals surface area contributed by atoms with E-state index in [1.807, 2.05) is 7.05 Å². The van der Waals surface area contributed by atoms with Crippen LogP contribution in [0, 0.1) is 0 Å². The zero-order chi connectivity index (χ0) is 23.4. The number of unbranched alkanes of at least 4 members (excludes halogenated alkanes) is 10. The molecule has 0 radical (unpaired) electrons. The van der Waals surface area contributed by atoms with Crippen molar-refractivity contribution in [2.75, 3.05) is 20.3 Å². The molecular formula is C26H51NO5. The lowest BCUT2D eigenvalue weighted by Crippen LogP contribution is -2.27. The van der Waals surface area contributed by atoms with Crippen LogP contribution in [0.25, 0.3) is 0 Å². The first-order chi connectivity index (χ1) is 15.6. The summed E-state index contributed by atoms with van der Waals surface area (Å²) in [6, 6.07) is 0.205. The number of hydrogen-bond acceptors (Lipinski definition) is 6. The van der Waals surface area contributed by atoms with Gasteiger partial charge in [-0.25, -0.2) is 0 Å². The van der Waals surface area contributed by atoms with Gasteiger partial charge in [0, 0.05) is 32.1 Å². The monoisotopic (exact) mass is 457 g/mol. The summed E-state index contributed by atoms with van der Waals surface area (Å²) < 4.78 is 17.5. The Hall–Kier alpha value is -0.690. The van der Waals surface area contributed by atoms with E-state index in [1.165, 1.54) is 64.2 Å². The number of aliphatic hydroxyl groups excluding tert-OH is 1. The van der Waals surface area contributed by atoms with Crippen LogP contribution < -0.4 is 5.32 Å². The lowest BCUT2D eigenvalue weighted by Gasteiger charge is -2.20. The lowest BCUT2D eigenvalue weighted by atomic mass is 10.1. The summed E-state index contributed by atoms with van der Waals surface area (Å²) in [5, 5.41) is 13.2. The SMILES string of the molecule is CCCCCCCCOC(CCC(=O)OC1CC(NC)CC1O)OCCCCCCCC. The van der Waals surface area contributed by atoms with Gasteiger partial charge in [-0.2, -0.15) is 0 Å². The summed E-state index contributed by atoms with van der Waals surface area (Å²) in [6.45, 7) is 5.81. The molecule has 1 aliphatic carbocycles. The Morgan fingerprint density at radius 1 is 0.875 bits per heavy atom. The van der Waals surface area contributed by atoms with Gasteiger partial charge in [0.25, 0.3) is 0 Å². The van der Waals surface area contributed by atoms with Gasteiger partial charge >= 0.3 is 5.97 Å². The molecular weight excluding hydrogens is 406 g/mol. The second-order valence-electron chi connectivity index (χ2n) is 9.30. The summed E-state index contributed by atoms with van der Waals surface area (Å²) >= 11 is 0. The van der Waals surface area contributed by atoms with Gasteiger partial charge in [-0.05, 0) is 26.3 Å². The van der Waals surface area contributed by atoms with Crippen LogP contribution in [0.1, 0.15) is 117 Å². The average molecular weight is 458 g/mol. The van der Waals surface area contributed by atoms with Crippen molar-refractivity contribution in [3.63, 3.8) is 0 Å². The summed E-state index contributed by atoms with van der Waals surface area (Å²) in [5.41, 5.74) is 0. The largest absolute Gasteiger partial charge is 0.460 e. The second-order valence-corrected chi connectivity index (χ2v) is 9.30. The number of esters is 1. The van der Waals surface area contributed by atoms with Crippen LogP contribution >= 0.6 is 0 Å². The Morgan fingerprint density at radius 2 is 1.41 bits per heavy atom. The molecule has 0 saturated heterocycles. The molecule has 1 rings (SSSR count). The molecule has 3 unspecified atom stereocenters. The van der Waals surface area contributed by atoms with Gasteiger partial charge in [-0.3, -0.25) is 4.79 Å². The van der Waals surface area contributed by atoms with Crippen molar-refractivity contribution in [3.05, 3.63) is 0 Å². The average Bonchev–Trinajstić information content (AvgIpc) is 3.14. The third kappa shape index (κ3) is 14.5. The minimum absolute atomic E-state index is 0.205. The third-order valence-corrected chi connectivity index (χ3v) is 6.35. The molecule has 1 aliphatic rings.